The third kappa shape index (κ3) is 2.07. The number of nitriles is 2. The zero-order valence-corrected chi connectivity index (χ0v) is 9.80. The van der Waals surface area contributed by atoms with Gasteiger partial charge in [-0.1, -0.05) is 18.2 Å². The number of allylic oxidation sites excluding steroid dienone is 1. The molecular weight excluding hydrogens is 230 g/mol. The van der Waals surface area contributed by atoms with E-state index in [1.165, 1.54) is 0 Å². The number of benzene rings is 1. The van der Waals surface area contributed by atoms with Gasteiger partial charge in [0.05, 0.1) is 13.7 Å². The highest BCUT2D eigenvalue weighted by Gasteiger charge is 2.26. The Morgan fingerprint density at radius 1 is 1.39 bits per heavy atom. The molecule has 5 nitrogen and oxygen atoms in total. The highest BCUT2D eigenvalue weighted by molar-refractivity contribution is 5.40. The molecule has 1 saturated heterocycles. The van der Waals surface area contributed by atoms with E-state index in [0.717, 1.165) is 11.3 Å². The summed E-state index contributed by atoms with van der Waals surface area (Å²) in [4.78, 5) is 0. The number of rotatable bonds is 2. The fourth-order valence-corrected chi connectivity index (χ4v) is 1.79. The lowest BCUT2D eigenvalue weighted by atomic mass is 10.1. The van der Waals surface area contributed by atoms with Gasteiger partial charge in [-0.3, -0.25) is 0 Å². The Morgan fingerprint density at radius 2 is 2.11 bits per heavy atom. The summed E-state index contributed by atoms with van der Waals surface area (Å²) >= 11 is 0. The van der Waals surface area contributed by atoms with Gasteiger partial charge in [-0.25, -0.2) is 0 Å². The average Bonchev–Trinajstić information content (AvgIpc) is 2.89. The van der Waals surface area contributed by atoms with Gasteiger partial charge in [0, 0.05) is 5.56 Å². The lowest BCUT2D eigenvalue weighted by Gasteiger charge is -2.13. The van der Waals surface area contributed by atoms with Gasteiger partial charge in [0.25, 0.3) is 0 Å². The van der Waals surface area contributed by atoms with Gasteiger partial charge in [-0.15, -0.1) is 0 Å². The number of nitrogens with zero attached hydrogens (tertiary/aromatic N) is 2. The topological polar surface area (TPSA) is 78.1 Å². The molecule has 90 valence electrons. The van der Waals surface area contributed by atoms with Gasteiger partial charge in [0.1, 0.15) is 24.0 Å². The van der Waals surface area contributed by atoms with Crippen LogP contribution in [0.2, 0.25) is 0 Å². The normalized spacial score (nSPS) is 17.1. The molecule has 1 aromatic rings. The number of methoxy groups -OCH3 is 1. The van der Waals surface area contributed by atoms with E-state index in [0.29, 0.717) is 6.54 Å². The van der Waals surface area contributed by atoms with Crippen LogP contribution in [0.5, 0.6) is 5.75 Å². The molecule has 0 aliphatic carbocycles. The molecule has 1 fully saturated rings. The number of para-hydroxylation sites is 1. The van der Waals surface area contributed by atoms with E-state index in [-0.39, 0.29) is 17.6 Å². The molecule has 1 aliphatic heterocycles. The second-order valence-electron chi connectivity index (χ2n) is 3.66. The molecule has 0 bridgehead atoms. The van der Waals surface area contributed by atoms with E-state index in [1.54, 1.807) is 19.2 Å². The Bertz CT molecular complexity index is 550. The quantitative estimate of drug-likeness (QED) is 0.796. The van der Waals surface area contributed by atoms with Gasteiger partial charge >= 0.3 is 0 Å². The molecule has 1 atom stereocenters. The smallest absolute Gasteiger partial charge is 0.217 e. The molecule has 0 spiro atoms. The van der Waals surface area contributed by atoms with E-state index < -0.39 is 0 Å². The third-order valence-corrected chi connectivity index (χ3v) is 2.64. The zero-order chi connectivity index (χ0) is 13.0. The summed E-state index contributed by atoms with van der Waals surface area (Å²) in [7, 11) is 1.59. The van der Waals surface area contributed by atoms with Crippen LogP contribution in [0.25, 0.3) is 0 Å². The van der Waals surface area contributed by atoms with Crippen LogP contribution in [0.1, 0.15) is 11.7 Å². The van der Waals surface area contributed by atoms with Gasteiger partial charge in [0.2, 0.25) is 5.88 Å². The fraction of sp³-hybridized carbons (Fsp3) is 0.231. The van der Waals surface area contributed by atoms with Crippen molar-refractivity contribution in [1.82, 2.24) is 5.32 Å². The summed E-state index contributed by atoms with van der Waals surface area (Å²) in [5, 5.41) is 20.5. The molecule has 0 amide bonds. The van der Waals surface area contributed by atoms with Crippen molar-refractivity contribution in [2.75, 3.05) is 13.7 Å². The molecule has 1 heterocycles. The van der Waals surface area contributed by atoms with E-state index in [4.69, 9.17) is 20.0 Å². The van der Waals surface area contributed by atoms with Crippen molar-refractivity contribution in [3.05, 3.63) is 41.3 Å². The maximum absolute atomic E-state index is 8.77. The largest absolute Gasteiger partial charge is 0.496 e. The Labute approximate surface area is 105 Å². The molecule has 2 rings (SSSR count). The lowest BCUT2D eigenvalue weighted by molar-refractivity contribution is 0.165. The van der Waals surface area contributed by atoms with Gasteiger partial charge < -0.3 is 14.8 Å². The predicted molar refractivity (Wildman–Crippen MR) is 63.1 cm³/mol. The second-order valence-corrected chi connectivity index (χ2v) is 3.66. The predicted octanol–water partition coefficient (Wildman–Crippen LogP) is 1.61. The van der Waals surface area contributed by atoms with Crippen molar-refractivity contribution in [3.63, 3.8) is 0 Å². The SMILES string of the molecule is COc1ccccc1C1CNC(=C(C#N)C#N)O1. The fourth-order valence-electron chi connectivity index (χ4n) is 1.79. The summed E-state index contributed by atoms with van der Waals surface area (Å²) in [5.41, 5.74) is 0.838. The Kier molecular flexibility index (Phi) is 3.36. The van der Waals surface area contributed by atoms with Crippen molar-refractivity contribution in [1.29, 1.82) is 10.5 Å². The van der Waals surface area contributed by atoms with Crippen LogP contribution in [-0.2, 0) is 4.74 Å². The van der Waals surface area contributed by atoms with Crippen LogP contribution >= 0.6 is 0 Å². The number of ether oxygens (including phenoxy) is 2. The minimum absolute atomic E-state index is 0.0487. The van der Waals surface area contributed by atoms with Gasteiger partial charge in [0.15, 0.2) is 5.57 Å². The van der Waals surface area contributed by atoms with Crippen LogP contribution in [0.15, 0.2) is 35.7 Å². The zero-order valence-electron chi connectivity index (χ0n) is 9.80. The van der Waals surface area contributed by atoms with Crippen LogP contribution in [0, 0.1) is 22.7 Å². The first-order chi connectivity index (χ1) is 8.80. The maximum Gasteiger partial charge on any atom is 0.217 e. The van der Waals surface area contributed by atoms with Crippen molar-refractivity contribution < 1.29 is 9.47 Å². The van der Waals surface area contributed by atoms with Crippen molar-refractivity contribution in [2.24, 2.45) is 0 Å². The Balaban J connectivity index is 2.27. The van der Waals surface area contributed by atoms with Crippen LogP contribution in [0.4, 0.5) is 0 Å². The molecule has 1 unspecified atom stereocenters. The van der Waals surface area contributed by atoms with Crippen molar-refractivity contribution in [2.45, 2.75) is 6.10 Å². The van der Waals surface area contributed by atoms with Crippen molar-refractivity contribution >= 4 is 0 Å². The Morgan fingerprint density at radius 3 is 2.78 bits per heavy atom. The molecule has 1 aromatic carbocycles. The molecule has 1 N–H and O–H groups in total. The minimum Gasteiger partial charge on any atom is -0.496 e. The van der Waals surface area contributed by atoms with Gasteiger partial charge in [-0.2, -0.15) is 10.5 Å². The first kappa shape index (κ1) is 11.8. The van der Waals surface area contributed by atoms with E-state index >= 15 is 0 Å². The maximum atomic E-state index is 8.77. The highest BCUT2D eigenvalue weighted by atomic mass is 16.5. The second kappa shape index (κ2) is 5.11. The number of nitrogens with one attached hydrogen (secondary N) is 1. The van der Waals surface area contributed by atoms with Crippen molar-refractivity contribution in [3.8, 4) is 17.9 Å². The molecule has 1 aliphatic rings. The monoisotopic (exact) mass is 241 g/mol. The van der Waals surface area contributed by atoms with E-state index in [1.807, 2.05) is 24.3 Å². The molecule has 5 heteroatoms. The van der Waals surface area contributed by atoms with Crippen LogP contribution < -0.4 is 10.1 Å². The van der Waals surface area contributed by atoms with E-state index in [2.05, 4.69) is 5.32 Å². The molecule has 0 radical (unpaired) electrons. The lowest BCUT2D eigenvalue weighted by Crippen LogP contribution is -2.09. The highest BCUT2D eigenvalue weighted by Crippen LogP contribution is 2.31. The standard InChI is InChI=1S/C13H11N3O2/c1-17-11-5-3-2-4-10(11)12-8-16-13(18-12)9(6-14)7-15/h2-5,12,16H,8H2,1H3. The number of hydrogen-bond donors (Lipinski definition) is 1. The summed E-state index contributed by atoms with van der Waals surface area (Å²) < 4.78 is 10.8. The third-order valence-electron chi connectivity index (χ3n) is 2.64. The average molecular weight is 241 g/mol. The van der Waals surface area contributed by atoms with Gasteiger partial charge in [-0.05, 0) is 6.07 Å². The first-order valence-electron chi connectivity index (χ1n) is 5.38. The van der Waals surface area contributed by atoms with Crippen LogP contribution in [-0.4, -0.2) is 13.7 Å². The summed E-state index contributed by atoms with van der Waals surface area (Å²) in [6, 6.07) is 11.1. The molecule has 0 aromatic heterocycles. The summed E-state index contributed by atoms with van der Waals surface area (Å²) in [6.45, 7) is 0.503. The van der Waals surface area contributed by atoms with E-state index in [9.17, 15) is 0 Å². The summed E-state index contributed by atoms with van der Waals surface area (Å²) in [6.07, 6.45) is -0.257. The Hall–Kier alpha value is -2.66. The molecular formula is C13H11N3O2. The number of hydrogen-bond acceptors (Lipinski definition) is 5. The van der Waals surface area contributed by atoms with Crippen LogP contribution in [0.3, 0.4) is 0 Å². The summed E-state index contributed by atoms with van der Waals surface area (Å²) in [5.74, 6) is 0.955. The first-order valence-corrected chi connectivity index (χ1v) is 5.38. The molecule has 18 heavy (non-hydrogen) atoms. The minimum atomic E-state index is -0.257. The molecule has 0 saturated carbocycles.